The molecule has 158 valence electrons. The van der Waals surface area contributed by atoms with E-state index in [-0.39, 0.29) is 17.6 Å². The van der Waals surface area contributed by atoms with Gasteiger partial charge in [0.25, 0.3) is 0 Å². The van der Waals surface area contributed by atoms with Gasteiger partial charge >= 0.3 is 31.1 Å². The second-order valence-electron chi connectivity index (χ2n) is 7.44. The quantitative estimate of drug-likeness (QED) is 0.509. The smallest absolute Gasteiger partial charge is 0.399 e. The van der Waals surface area contributed by atoms with Crippen molar-refractivity contribution in [2.75, 3.05) is 0 Å². The van der Waals surface area contributed by atoms with Crippen LogP contribution in [0.15, 0.2) is 24.3 Å². The van der Waals surface area contributed by atoms with Gasteiger partial charge in [0.1, 0.15) is 0 Å². The third-order valence-corrected chi connectivity index (χ3v) is 5.01. The Bertz CT molecular complexity index is 709. The van der Waals surface area contributed by atoms with Gasteiger partial charge in [0.15, 0.2) is 0 Å². The largest absolute Gasteiger partial charge is 0.494 e. The van der Waals surface area contributed by atoms with Gasteiger partial charge in [0.05, 0.1) is 11.2 Å². The predicted octanol–water partition coefficient (Wildman–Crippen LogP) is 4.91. The first kappa shape index (κ1) is 22.9. The molecule has 1 aromatic rings. The van der Waals surface area contributed by atoms with Crippen LogP contribution in [-0.2, 0) is 15.0 Å². The van der Waals surface area contributed by atoms with E-state index in [0.717, 1.165) is 12.1 Å². The van der Waals surface area contributed by atoms with Crippen LogP contribution >= 0.6 is 0 Å². The summed E-state index contributed by atoms with van der Waals surface area (Å²) in [4.78, 5) is 0. The minimum Gasteiger partial charge on any atom is -0.399 e. The van der Waals surface area contributed by atoms with Crippen molar-refractivity contribution in [3.05, 3.63) is 29.8 Å². The third-order valence-electron chi connectivity index (χ3n) is 5.01. The fraction of sp³-hybridized carbons (Fsp3) is 0.625. The normalized spacial score (nSPS) is 22.2. The zero-order chi connectivity index (χ0) is 22.0. The van der Waals surface area contributed by atoms with Crippen molar-refractivity contribution < 1.29 is 48.8 Å². The van der Waals surface area contributed by atoms with E-state index in [4.69, 9.17) is 9.31 Å². The Kier molecular flexibility index (Phi) is 5.13. The maximum absolute atomic E-state index is 14.4. The van der Waals surface area contributed by atoms with Gasteiger partial charge < -0.3 is 9.31 Å². The van der Waals surface area contributed by atoms with E-state index in [2.05, 4.69) is 0 Å². The number of rotatable bonds is 3. The van der Waals surface area contributed by atoms with Crippen molar-refractivity contribution in [3.63, 3.8) is 0 Å². The van der Waals surface area contributed by atoms with Gasteiger partial charge in [-0.3, -0.25) is 0 Å². The molecule has 28 heavy (non-hydrogen) atoms. The summed E-state index contributed by atoms with van der Waals surface area (Å²) in [5, 5.41) is 0. The number of benzene rings is 1. The van der Waals surface area contributed by atoms with Crippen molar-refractivity contribution in [2.45, 2.75) is 62.8 Å². The van der Waals surface area contributed by atoms with Crippen molar-refractivity contribution in [1.82, 2.24) is 0 Å². The molecule has 12 heteroatoms. The topological polar surface area (TPSA) is 18.5 Å². The highest BCUT2D eigenvalue weighted by Crippen LogP contribution is 2.58. The summed E-state index contributed by atoms with van der Waals surface area (Å²) in [7, 11) is -1.12. The molecular weight excluding hydrogens is 406 g/mol. The van der Waals surface area contributed by atoms with E-state index in [1.165, 1.54) is 0 Å². The van der Waals surface area contributed by atoms with Crippen molar-refractivity contribution in [2.24, 2.45) is 0 Å². The molecule has 1 fully saturated rings. The van der Waals surface area contributed by atoms with Crippen LogP contribution in [0.25, 0.3) is 0 Å². The molecule has 1 unspecified atom stereocenters. The summed E-state index contributed by atoms with van der Waals surface area (Å²) in [6.07, 6.45) is -13.3. The molecular formula is C16H16BF9O2. The Hall–Kier alpha value is -1.43. The molecule has 1 aliphatic rings. The van der Waals surface area contributed by atoms with Gasteiger partial charge in [-0.15, -0.1) is 0 Å². The average molecular weight is 422 g/mol. The molecule has 0 radical (unpaired) electrons. The second-order valence-corrected chi connectivity index (χ2v) is 7.44. The van der Waals surface area contributed by atoms with E-state index in [0.29, 0.717) is 0 Å². The van der Waals surface area contributed by atoms with Crippen LogP contribution < -0.4 is 5.46 Å². The molecule has 2 nitrogen and oxygen atoms in total. The minimum absolute atomic E-state index is 0.0299. The Labute approximate surface area is 155 Å². The monoisotopic (exact) mass is 422 g/mol. The van der Waals surface area contributed by atoms with Crippen LogP contribution in [0.3, 0.4) is 0 Å². The molecule has 0 saturated carbocycles. The fourth-order valence-corrected chi connectivity index (χ4v) is 2.57. The molecule has 0 aromatic heterocycles. The molecule has 1 aliphatic heterocycles. The lowest BCUT2D eigenvalue weighted by Gasteiger charge is -2.36. The van der Waals surface area contributed by atoms with Crippen LogP contribution in [-0.4, -0.2) is 36.6 Å². The van der Waals surface area contributed by atoms with Gasteiger partial charge in [-0.2, -0.15) is 35.1 Å². The lowest BCUT2D eigenvalue weighted by atomic mass is 9.77. The van der Waals surface area contributed by atoms with Crippen LogP contribution in [0, 0.1) is 0 Å². The molecule has 1 aromatic carbocycles. The highest BCUT2D eigenvalue weighted by atomic mass is 19.4. The van der Waals surface area contributed by atoms with Crippen LogP contribution in [0.1, 0.15) is 33.3 Å². The Morgan fingerprint density at radius 2 is 1.07 bits per heavy atom. The first-order valence-corrected chi connectivity index (χ1v) is 7.94. The summed E-state index contributed by atoms with van der Waals surface area (Å²) in [5.41, 5.74) is -9.50. The van der Waals surface area contributed by atoms with Crippen molar-refractivity contribution in [3.8, 4) is 0 Å². The third kappa shape index (κ3) is 3.28. The highest BCUT2D eigenvalue weighted by molar-refractivity contribution is 6.62. The van der Waals surface area contributed by atoms with Crippen LogP contribution in [0.2, 0.25) is 0 Å². The van der Waals surface area contributed by atoms with Crippen molar-refractivity contribution >= 4 is 12.6 Å². The highest BCUT2D eigenvalue weighted by Gasteiger charge is 2.81. The molecule has 0 aliphatic carbocycles. The Morgan fingerprint density at radius 1 is 0.679 bits per heavy atom. The standard InChI is InChI=1S/C16H16BF9O2/c1-11(2)12(3,4)28-17(27-11)10-7-5-9(6-8-10)13(18,15(21,22)23)14(19,20)16(24,25)26/h5-8H,1-4H3. The Morgan fingerprint density at radius 3 is 1.39 bits per heavy atom. The molecule has 1 saturated heterocycles. The summed E-state index contributed by atoms with van der Waals surface area (Å²) >= 11 is 0. The van der Waals surface area contributed by atoms with E-state index in [9.17, 15) is 39.5 Å². The molecule has 0 N–H and O–H groups in total. The Balaban J connectivity index is 2.47. The second kappa shape index (κ2) is 6.28. The number of alkyl halides is 9. The number of hydrogen-bond donors (Lipinski definition) is 0. The maximum Gasteiger partial charge on any atom is 0.494 e. The predicted molar refractivity (Wildman–Crippen MR) is 82.0 cm³/mol. The molecule has 1 atom stereocenters. The fourth-order valence-electron chi connectivity index (χ4n) is 2.57. The minimum atomic E-state index is -6.76. The van der Waals surface area contributed by atoms with Gasteiger partial charge in [0.2, 0.25) is 0 Å². The van der Waals surface area contributed by atoms with Gasteiger partial charge in [-0.1, -0.05) is 24.3 Å². The van der Waals surface area contributed by atoms with Gasteiger partial charge in [-0.25, -0.2) is 4.39 Å². The SMILES string of the molecule is CC1(C)OB(c2ccc(C(F)(C(F)(F)F)C(F)(F)C(F)(F)F)cc2)OC1(C)C. The summed E-state index contributed by atoms with van der Waals surface area (Å²) in [6.45, 7) is 6.67. The molecule has 0 amide bonds. The number of hydrogen-bond acceptors (Lipinski definition) is 2. The van der Waals surface area contributed by atoms with E-state index in [1.807, 2.05) is 0 Å². The van der Waals surface area contributed by atoms with E-state index in [1.54, 1.807) is 27.7 Å². The summed E-state index contributed by atoms with van der Waals surface area (Å²) in [6, 6.07) is 1.94. The summed E-state index contributed by atoms with van der Waals surface area (Å²) in [5.74, 6) is -6.70. The molecule has 0 bridgehead atoms. The van der Waals surface area contributed by atoms with Crippen molar-refractivity contribution in [1.29, 1.82) is 0 Å². The van der Waals surface area contributed by atoms with Gasteiger partial charge in [0, 0.05) is 5.56 Å². The van der Waals surface area contributed by atoms with Crippen LogP contribution in [0.4, 0.5) is 39.5 Å². The summed E-state index contributed by atoms with van der Waals surface area (Å²) < 4.78 is 129. The lowest BCUT2D eigenvalue weighted by molar-refractivity contribution is -0.389. The molecule has 2 rings (SSSR count). The van der Waals surface area contributed by atoms with Crippen LogP contribution in [0.5, 0.6) is 0 Å². The lowest BCUT2D eigenvalue weighted by Crippen LogP contribution is -2.59. The van der Waals surface area contributed by atoms with Gasteiger partial charge in [-0.05, 0) is 33.2 Å². The van der Waals surface area contributed by atoms with E-state index >= 15 is 0 Å². The first-order chi connectivity index (χ1) is 12.3. The number of halogens is 9. The average Bonchev–Trinajstić information content (AvgIpc) is 2.72. The zero-order valence-electron chi connectivity index (χ0n) is 15.1. The maximum atomic E-state index is 14.4. The molecule has 0 spiro atoms. The zero-order valence-corrected chi connectivity index (χ0v) is 15.1. The first-order valence-electron chi connectivity index (χ1n) is 7.94. The molecule has 1 heterocycles. The van der Waals surface area contributed by atoms with E-state index < -0.39 is 47.8 Å².